The topological polar surface area (TPSA) is 78.9 Å². The maximum Gasteiger partial charge on any atom is 0.306 e. The molecule has 0 aliphatic heterocycles. The minimum atomic E-state index is -0.757. The average molecular weight is 737 g/mol. The highest BCUT2D eigenvalue weighted by atomic mass is 16.6. The first-order valence-electron chi connectivity index (χ1n) is 22.9. The Bertz CT molecular complexity index is 781. The number of carbonyl (C=O) groups excluding carboxylic acids is 3. The molecule has 0 aliphatic rings. The van der Waals surface area contributed by atoms with Crippen LogP contribution < -0.4 is 0 Å². The van der Waals surface area contributed by atoms with Gasteiger partial charge in [0, 0.05) is 19.3 Å². The Hall–Kier alpha value is -1.59. The van der Waals surface area contributed by atoms with E-state index in [1.165, 1.54) is 141 Å². The Morgan fingerprint density at radius 2 is 0.635 bits per heavy atom. The molecule has 6 heteroatoms. The number of hydrogen-bond acceptors (Lipinski definition) is 6. The summed E-state index contributed by atoms with van der Waals surface area (Å²) in [6.45, 7) is 8.93. The molecule has 0 aromatic carbocycles. The van der Waals surface area contributed by atoms with Crippen molar-refractivity contribution in [3.63, 3.8) is 0 Å². The Kier molecular flexibility index (Phi) is 39.4. The van der Waals surface area contributed by atoms with Gasteiger partial charge in [-0.25, -0.2) is 0 Å². The summed E-state index contributed by atoms with van der Waals surface area (Å²) in [4.78, 5) is 37.5. The summed E-state index contributed by atoms with van der Waals surface area (Å²) in [6.07, 6.45) is 39.7. The van der Waals surface area contributed by atoms with Crippen molar-refractivity contribution in [1.82, 2.24) is 0 Å². The fourth-order valence-corrected chi connectivity index (χ4v) is 6.80. The molecular weight excluding hydrogens is 648 g/mol. The lowest BCUT2D eigenvalue weighted by Gasteiger charge is -2.18. The van der Waals surface area contributed by atoms with Crippen molar-refractivity contribution in [2.24, 2.45) is 5.92 Å². The fourth-order valence-electron chi connectivity index (χ4n) is 6.80. The monoisotopic (exact) mass is 737 g/mol. The molecule has 0 aromatic heterocycles. The van der Waals surface area contributed by atoms with E-state index >= 15 is 0 Å². The van der Waals surface area contributed by atoms with Crippen LogP contribution in [0, 0.1) is 5.92 Å². The van der Waals surface area contributed by atoms with E-state index in [0.717, 1.165) is 70.1 Å². The fraction of sp³-hybridized carbons (Fsp3) is 0.935. The number of unbranched alkanes of at least 4 members (excludes halogenated alkanes) is 28. The zero-order chi connectivity index (χ0) is 38.2. The van der Waals surface area contributed by atoms with Gasteiger partial charge in [-0.05, 0) is 25.2 Å². The molecule has 308 valence electrons. The van der Waals surface area contributed by atoms with Gasteiger partial charge in [-0.3, -0.25) is 14.4 Å². The summed E-state index contributed by atoms with van der Waals surface area (Å²) in [7, 11) is 0. The zero-order valence-corrected chi connectivity index (χ0v) is 35.3. The number of hydrogen-bond donors (Lipinski definition) is 0. The highest BCUT2D eigenvalue weighted by Gasteiger charge is 2.19. The van der Waals surface area contributed by atoms with E-state index in [1.54, 1.807) is 0 Å². The Balaban J connectivity index is 4.17. The van der Waals surface area contributed by atoms with Crippen molar-refractivity contribution < 1.29 is 28.6 Å². The normalized spacial score (nSPS) is 11.9. The van der Waals surface area contributed by atoms with Crippen LogP contribution in [0.15, 0.2) is 0 Å². The van der Waals surface area contributed by atoms with Crippen molar-refractivity contribution in [1.29, 1.82) is 0 Å². The summed E-state index contributed by atoms with van der Waals surface area (Å²) in [5.74, 6) is -0.0287. The smallest absolute Gasteiger partial charge is 0.306 e. The van der Waals surface area contributed by atoms with Gasteiger partial charge >= 0.3 is 17.9 Å². The second-order valence-electron chi connectivity index (χ2n) is 16.2. The molecule has 0 radical (unpaired) electrons. The van der Waals surface area contributed by atoms with Crippen LogP contribution in [0.25, 0.3) is 0 Å². The third-order valence-electron chi connectivity index (χ3n) is 10.3. The number of carbonyl (C=O) groups is 3. The molecule has 0 N–H and O–H groups in total. The molecule has 0 unspecified atom stereocenters. The Labute approximate surface area is 323 Å². The maximum atomic E-state index is 12.7. The van der Waals surface area contributed by atoms with Gasteiger partial charge in [0.1, 0.15) is 13.2 Å². The molecule has 0 saturated carbocycles. The van der Waals surface area contributed by atoms with Gasteiger partial charge in [-0.1, -0.05) is 214 Å². The molecule has 0 saturated heterocycles. The first-order chi connectivity index (χ1) is 25.4. The van der Waals surface area contributed by atoms with E-state index in [0.29, 0.717) is 19.3 Å². The first kappa shape index (κ1) is 50.4. The van der Waals surface area contributed by atoms with Crippen LogP contribution in [-0.4, -0.2) is 37.2 Å². The molecule has 0 spiro atoms. The van der Waals surface area contributed by atoms with Gasteiger partial charge in [0.05, 0.1) is 0 Å². The van der Waals surface area contributed by atoms with Gasteiger partial charge in [-0.2, -0.15) is 0 Å². The highest BCUT2D eigenvalue weighted by molar-refractivity contribution is 5.71. The Morgan fingerprint density at radius 3 is 0.942 bits per heavy atom. The number of esters is 3. The molecule has 52 heavy (non-hydrogen) atoms. The minimum absolute atomic E-state index is 0.0646. The Morgan fingerprint density at radius 1 is 0.365 bits per heavy atom. The highest BCUT2D eigenvalue weighted by Crippen LogP contribution is 2.16. The standard InChI is InChI=1S/C46H88O6/c1-5-7-9-11-12-13-14-16-20-23-26-30-34-38-45(48)51-41-43(40-50-44(47)37-33-28-10-8-6-2)52-46(49)39-35-31-27-24-21-18-15-17-19-22-25-29-32-36-42(3)4/h42-43H,5-41H2,1-4H3/t43-/m0/s1. The lowest BCUT2D eigenvalue weighted by Crippen LogP contribution is -2.30. The lowest BCUT2D eigenvalue weighted by molar-refractivity contribution is -0.167. The molecule has 0 bridgehead atoms. The van der Waals surface area contributed by atoms with E-state index < -0.39 is 6.10 Å². The third kappa shape index (κ3) is 39.6. The van der Waals surface area contributed by atoms with Crippen molar-refractivity contribution >= 4 is 17.9 Å². The van der Waals surface area contributed by atoms with Crippen LogP contribution in [0.4, 0.5) is 0 Å². The second kappa shape index (κ2) is 40.6. The minimum Gasteiger partial charge on any atom is -0.462 e. The molecule has 0 heterocycles. The van der Waals surface area contributed by atoms with E-state index in [1.807, 2.05) is 0 Å². The lowest BCUT2D eigenvalue weighted by atomic mass is 10.0. The first-order valence-corrected chi connectivity index (χ1v) is 22.9. The van der Waals surface area contributed by atoms with Gasteiger partial charge in [-0.15, -0.1) is 0 Å². The molecule has 0 amide bonds. The van der Waals surface area contributed by atoms with E-state index in [2.05, 4.69) is 27.7 Å². The van der Waals surface area contributed by atoms with Crippen molar-refractivity contribution in [2.75, 3.05) is 13.2 Å². The second-order valence-corrected chi connectivity index (χ2v) is 16.2. The number of rotatable bonds is 41. The van der Waals surface area contributed by atoms with Crippen LogP contribution in [-0.2, 0) is 28.6 Å². The van der Waals surface area contributed by atoms with Crippen molar-refractivity contribution in [3.05, 3.63) is 0 Å². The zero-order valence-electron chi connectivity index (χ0n) is 35.3. The van der Waals surface area contributed by atoms with Gasteiger partial charge in [0.25, 0.3) is 0 Å². The van der Waals surface area contributed by atoms with Crippen molar-refractivity contribution in [2.45, 2.75) is 259 Å². The maximum absolute atomic E-state index is 12.7. The molecule has 0 fully saturated rings. The number of ether oxygens (including phenoxy) is 3. The van der Waals surface area contributed by atoms with E-state index in [4.69, 9.17) is 14.2 Å². The van der Waals surface area contributed by atoms with Gasteiger partial charge < -0.3 is 14.2 Å². The van der Waals surface area contributed by atoms with Gasteiger partial charge in [0.15, 0.2) is 6.10 Å². The predicted octanol–water partition coefficient (Wildman–Crippen LogP) is 14.3. The summed E-state index contributed by atoms with van der Waals surface area (Å²) in [6, 6.07) is 0. The predicted molar refractivity (Wildman–Crippen MR) is 220 cm³/mol. The van der Waals surface area contributed by atoms with Gasteiger partial charge in [0.2, 0.25) is 0 Å². The van der Waals surface area contributed by atoms with Crippen LogP contribution in [0.5, 0.6) is 0 Å². The average Bonchev–Trinajstić information content (AvgIpc) is 3.12. The molecule has 6 nitrogen and oxygen atoms in total. The van der Waals surface area contributed by atoms with Crippen LogP contribution in [0.2, 0.25) is 0 Å². The SMILES string of the molecule is CCCCCCCCCCCCCCCC(=O)OC[C@H](COC(=O)CCCCCCC)OC(=O)CCCCCCCCCCCCCCCC(C)C. The van der Waals surface area contributed by atoms with Crippen LogP contribution >= 0.6 is 0 Å². The molecular formula is C46H88O6. The third-order valence-corrected chi connectivity index (χ3v) is 10.3. The molecule has 0 aromatic rings. The molecule has 1 atom stereocenters. The quantitative estimate of drug-likeness (QED) is 0.0353. The summed E-state index contributed by atoms with van der Waals surface area (Å²) < 4.78 is 16.6. The summed E-state index contributed by atoms with van der Waals surface area (Å²) in [5, 5.41) is 0. The van der Waals surface area contributed by atoms with E-state index in [9.17, 15) is 14.4 Å². The summed E-state index contributed by atoms with van der Waals surface area (Å²) in [5.41, 5.74) is 0. The van der Waals surface area contributed by atoms with Crippen LogP contribution in [0.1, 0.15) is 252 Å². The molecule has 0 rings (SSSR count). The van der Waals surface area contributed by atoms with Crippen LogP contribution in [0.3, 0.4) is 0 Å². The van der Waals surface area contributed by atoms with E-state index in [-0.39, 0.29) is 31.1 Å². The summed E-state index contributed by atoms with van der Waals surface area (Å²) >= 11 is 0. The van der Waals surface area contributed by atoms with Crippen molar-refractivity contribution in [3.8, 4) is 0 Å². The molecule has 0 aliphatic carbocycles. The largest absolute Gasteiger partial charge is 0.462 e.